The number of thiophene rings is 1. The Labute approximate surface area is 94.2 Å². The summed E-state index contributed by atoms with van der Waals surface area (Å²) >= 11 is 7.44. The van der Waals surface area contributed by atoms with Crippen molar-refractivity contribution in [3.63, 3.8) is 0 Å². The van der Waals surface area contributed by atoms with Gasteiger partial charge in [0.05, 0.1) is 4.34 Å². The van der Waals surface area contributed by atoms with Gasteiger partial charge in [-0.25, -0.2) is 0 Å². The predicted molar refractivity (Wildman–Crippen MR) is 62.1 cm³/mol. The molecule has 4 heteroatoms. The molecule has 1 aromatic rings. The summed E-state index contributed by atoms with van der Waals surface area (Å²) in [5.74, 6) is 0. The van der Waals surface area contributed by atoms with Crippen LogP contribution in [0.15, 0.2) is 12.1 Å². The standard InChI is InChI=1S/C10H16ClNOS/c1-2-13-7-3-6-12-8-9-4-5-10(11)14-9/h4-5,12H,2-3,6-8H2,1H3. The van der Waals surface area contributed by atoms with E-state index in [1.165, 1.54) is 4.88 Å². The second-order valence-electron chi connectivity index (χ2n) is 2.93. The first kappa shape index (κ1) is 12.0. The number of halogens is 1. The zero-order chi connectivity index (χ0) is 10.2. The third-order valence-electron chi connectivity index (χ3n) is 1.77. The van der Waals surface area contributed by atoms with Gasteiger partial charge >= 0.3 is 0 Å². The van der Waals surface area contributed by atoms with Crippen LogP contribution in [0.1, 0.15) is 18.2 Å². The second-order valence-corrected chi connectivity index (χ2v) is 4.73. The van der Waals surface area contributed by atoms with Crippen molar-refractivity contribution in [3.05, 3.63) is 21.3 Å². The zero-order valence-electron chi connectivity index (χ0n) is 8.38. The van der Waals surface area contributed by atoms with E-state index in [2.05, 4.69) is 11.4 Å². The van der Waals surface area contributed by atoms with Gasteiger partial charge in [0, 0.05) is 24.6 Å². The monoisotopic (exact) mass is 233 g/mol. The minimum Gasteiger partial charge on any atom is -0.382 e. The molecule has 0 aliphatic heterocycles. The van der Waals surface area contributed by atoms with Crippen LogP contribution in [0.2, 0.25) is 4.34 Å². The Balaban J connectivity index is 1.99. The Morgan fingerprint density at radius 1 is 1.50 bits per heavy atom. The molecule has 0 aromatic carbocycles. The van der Waals surface area contributed by atoms with Gasteiger partial charge in [-0.1, -0.05) is 11.6 Å². The van der Waals surface area contributed by atoms with Gasteiger partial charge in [-0.3, -0.25) is 0 Å². The van der Waals surface area contributed by atoms with E-state index >= 15 is 0 Å². The molecule has 0 aliphatic carbocycles. The fourth-order valence-electron chi connectivity index (χ4n) is 1.10. The van der Waals surface area contributed by atoms with E-state index in [0.29, 0.717) is 0 Å². The molecular formula is C10H16ClNOS. The minimum atomic E-state index is 0.806. The molecule has 2 nitrogen and oxygen atoms in total. The maximum absolute atomic E-state index is 5.81. The van der Waals surface area contributed by atoms with Gasteiger partial charge in [-0.2, -0.15) is 0 Å². The molecule has 0 bridgehead atoms. The molecule has 1 heterocycles. The van der Waals surface area contributed by atoms with Gasteiger partial charge in [-0.15, -0.1) is 11.3 Å². The summed E-state index contributed by atoms with van der Waals surface area (Å²) in [5, 5.41) is 3.35. The highest BCUT2D eigenvalue weighted by atomic mass is 35.5. The lowest BCUT2D eigenvalue weighted by Gasteiger charge is -2.02. The Bertz CT molecular complexity index is 252. The van der Waals surface area contributed by atoms with E-state index in [-0.39, 0.29) is 0 Å². The van der Waals surface area contributed by atoms with Crippen LogP contribution >= 0.6 is 22.9 Å². The molecule has 14 heavy (non-hydrogen) atoms. The third kappa shape index (κ3) is 4.96. The second kappa shape index (κ2) is 7.23. The summed E-state index contributed by atoms with van der Waals surface area (Å²) in [4.78, 5) is 1.28. The number of hydrogen-bond acceptors (Lipinski definition) is 3. The Kier molecular flexibility index (Phi) is 6.19. The lowest BCUT2D eigenvalue weighted by atomic mass is 10.4. The van der Waals surface area contributed by atoms with Crippen molar-refractivity contribution in [3.8, 4) is 0 Å². The first-order valence-electron chi connectivity index (χ1n) is 4.85. The quantitative estimate of drug-likeness (QED) is 0.732. The van der Waals surface area contributed by atoms with Gasteiger partial charge < -0.3 is 10.1 Å². The topological polar surface area (TPSA) is 21.3 Å². The summed E-state index contributed by atoms with van der Waals surface area (Å²) < 4.78 is 6.09. The zero-order valence-corrected chi connectivity index (χ0v) is 9.96. The van der Waals surface area contributed by atoms with Crippen LogP contribution in [0.4, 0.5) is 0 Å². The van der Waals surface area contributed by atoms with Crippen LogP contribution in [-0.2, 0) is 11.3 Å². The summed E-state index contributed by atoms with van der Waals surface area (Å²) in [5.41, 5.74) is 0. The molecule has 0 saturated heterocycles. The number of hydrogen-bond donors (Lipinski definition) is 1. The number of nitrogens with one attached hydrogen (secondary N) is 1. The molecule has 0 amide bonds. The molecule has 0 unspecified atom stereocenters. The molecule has 1 rings (SSSR count). The Morgan fingerprint density at radius 3 is 3.00 bits per heavy atom. The van der Waals surface area contributed by atoms with E-state index in [9.17, 15) is 0 Å². The van der Waals surface area contributed by atoms with Gasteiger partial charge in [0.1, 0.15) is 0 Å². The van der Waals surface area contributed by atoms with Crippen molar-refractivity contribution in [1.82, 2.24) is 5.32 Å². The van der Waals surface area contributed by atoms with Crippen LogP contribution in [-0.4, -0.2) is 19.8 Å². The first-order chi connectivity index (χ1) is 6.83. The maximum atomic E-state index is 5.81. The molecule has 0 radical (unpaired) electrons. The molecule has 0 fully saturated rings. The van der Waals surface area contributed by atoms with Crippen molar-refractivity contribution < 1.29 is 4.74 Å². The molecule has 1 aromatic heterocycles. The largest absolute Gasteiger partial charge is 0.382 e. The van der Waals surface area contributed by atoms with Crippen LogP contribution in [0.3, 0.4) is 0 Å². The predicted octanol–water partition coefficient (Wildman–Crippen LogP) is 2.92. The lowest BCUT2D eigenvalue weighted by Crippen LogP contribution is -2.15. The average Bonchev–Trinajstić information content (AvgIpc) is 2.58. The molecule has 0 atom stereocenters. The summed E-state index contributed by atoms with van der Waals surface area (Å²) in [6.07, 6.45) is 1.06. The van der Waals surface area contributed by atoms with Crippen molar-refractivity contribution >= 4 is 22.9 Å². The fourth-order valence-corrected chi connectivity index (χ4v) is 2.16. The summed E-state index contributed by atoms with van der Waals surface area (Å²) in [6, 6.07) is 3.99. The molecule has 0 spiro atoms. The smallest absolute Gasteiger partial charge is 0.0931 e. The van der Waals surface area contributed by atoms with Crippen molar-refractivity contribution in [2.24, 2.45) is 0 Å². The highest BCUT2D eigenvalue weighted by molar-refractivity contribution is 7.16. The van der Waals surface area contributed by atoms with Crippen molar-refractivity contribution in [2.75, 3.05) is 19.8 Å². The van der Waals surface area contributed by atoms with Crippen molar-refractivity contribution in [2.45, 2.75) is 19.9 Å². The lowest BCUT2D eigenvalue weighted by molar-refractivity contribution is 0.144. The van der Waals surface area contributed by atoms with E-state index in [4.69, 9.17) is 16.3 Å². The van der Waals surface area contributed by atoms with E-state index < -0.39 is 0 Å². The maximum Gasteiger partial charge on any atom is 0.0931 e. The molecular weight excluding hydrogens is 218 g/mol. The number of rotatable bonds is 7. The Hall–Kier alpha value is -0.0900. The van der Waals surface area contributed by atoms with Crippen LogP contribution in [0.5, 0.6) is 0 Å². The van der Waals surface area contributed by atoms with Crippen molar-refractivity contribution in [1.29, 1.82) is 0 Å². The van der Waals surface area contributed by atoms with Crippen LogP contribution in [0.25, 0.3) is 0 Å². The third-order valence-corrected chi connectivity index (χ3v) is 3.01. The van der Waals surface area contributed by atoms with E-state index in [1.54, 1.807) is 11.3 Å². The Morgan fingerprint density at radius 2 is 2.36 bits per heavy atom. The SMILES string of the molecule is CCOCCCNCc1ccc(Cl)s1. The molecule has 80 valence electrons. The van der Waals surface area contributed by atoms with Crippen LogP contribution < -0.4 is 5.32 Å². The normalized spacial score (nSPS) is 10.7. The number of ether oxygens (including phenoxy) is 1. The highest BCUT2D eigenvalue weighted by Crippen LogP contribution is 2.20. The molecule has 0 saturated carbocycles. The summed E-state index contributed by atoms with van der Waals surface area (Å²) in [7, 11) is 0. The first-order valence-corrected chi connectivity index (χ1v) is 6.05. The molecule has 1 N–H and O–H groups in total. The van der Waals surface area contributed by atoms with E-state index in [0.717, 1.165) is 37.1 Å². The highest BCUT2D eigenvalue weighted by Gasteiger charge is 1.96. The van der Waals surface area contributed by atoms with Crippen LogP contribution in [0, 0.1) is 0 Å². The minimum absolute atomic E-state index is 0.806. The summed E-state index contributed by atoms with van der Waals surface area (Å²) in [6.45, 7) is 5.56. The van der Waals surface area contributed by atoms with E-state index in [1.807, 2.05) is 13.0 Å². The van der Waals surface area contributed by atoms with Gasteiger partial charge in [0.25, 0.3) is 0 Å². The molecule has 0 aliphatic rings. The van der Waals surface area contributed by atoms with Gasteiger partial charge in [0.15, 0.2) is 0 Å². The van der Waals surface area contributed by atoms with Gasteiger partial charge in [0.2, 0.25) is 0 Å². The average molecular weight is 234 g/mol. The fraction of sp³-hybridized carbons (Fsp3) is 0.600. The van der Waals surface area contributed by atoms with Gasteiger partial charge in [-0.05, 0) is 32.0 Å².